The first-order valence-electron chi connectivity index (χ1n) is 9.67. The van der Waals surface area contributed by atoms with Crippen LogP contribution in [0.15, 0.2) is 22.7 Å². The second kappa shape index (κ2) is 7.68. The van der Waals surface area contributed by atoms with Crippen molar-refractivity contribution in [3.63, 3.8) is 0 Å². The fourth-order valence-corrected chi connectivity index (χ4v) is 7.84. The Morgan fingerprint density at radius 2 is 2.07 bits per heavy atom. The molecule has 0 bridgehead atoms. The molecule has 10 heteroatoms. The van der Waals surface area contributed by atoms with Crippen molar-refractivity contribution in [3.8, 4) is 0 Å². The lowest BCUT2D eigenvalue weighted by Crippen LogP contribution is -2.46. The molecule has 0 aliphatic carbocycles. The Labute approximate surface area is 175 Å². The predicted octanol–water partition coefficient (Wildman–Crippen LogP) is 2.90. The Kier molecular flexibility index (Phi) is 5.56. The maximum atomic E-state index is 13.0. The largest absolute Gasteiger partial charge is 0.317 e. The van der Waals surface area contributed by atoms with E-state index in [1.165, 1.54) is 0 Å². The zero-order valence-corrected chi connectivity index (χ0v) is 18.6. The van der Waals surface area contributed by atoms with E-state index in [-0.39, 0.29) is 11.3 Å². The third-order valence-electron chi connectivity index (χ3n) is 6.10. The number of halogens is 1. The number of hydrogen-bond acceptors (Lipinski definition) is 6. The number of nitrogens with zero attached hydrogens (tertiary/aromatic N) is 5. The van der Waals surface area contributed by atoms with E-state index < -0.39 is 10.0 Å². The molecular weight excluding hydrogens is 418 g/mol. The van der Waals surface area contributed by atoms with Gasteiger partial charge >= 0.3 is 0 Å². The van der Waals surface area contributed by atoms with Crippen LogP contribution in [0.4, 0.5) is 0 Å². The van der Waals surface area contributed by atoms with Crippen LogP contribution in [0.5, 0.6) is 0 Å². The van der Waals surface area contributed by atoms with Crippen molar-refractivity contribution < 1.29 is 8.42 Å². The summed E-state index contributed by atoms with van der Waals surface area (Å²) in [5.74, 6) is 1.33. The first-order valence-corrected chi connectivity index (χ1v) is 12.3. The van der Waals surface area contributed by atoms with Gasteiger partial charge in [-0.2, -0.15) is 4.31 Å². The molecule has 4 rings (SSSR count). The van der Waals surface area contributed by atoms with E-state index in [1.54, 1.807) is 16.4 Å². The Morgan fingerprint density at radius 1 is 1.32 bits per heavy atom. The fraction of sp³-hybridized carbons (Fsp3) is 0.667. The zero-order valence-electron chi connectivity index (χ0n) is 16.2. The molecule has 1 spiro atoms. The molecule has 0 saturated carbocycles. The highest BCUT2D eigenvalue weighted by Gasteiger charge is 2.50. The maximum absolute atomic E-state index is 13.0. The summed E-state index contributed by atoms with van der Waals surface area (Å²) in [7, 11) is -1.33. The molecular formula is C18H26ClN5O2S2. The van der Waals surface area contributed by atoms with Crippen LogP contribution in [0.25, 0.3) is 0 Å². The molecule has 28 heavy (non-hydrogen) atoms. The SMILES string of the molecule is CCCn1cnnc1C1CN(C)CC12CCN(S(=O)(=O)c1ccc(Cl)s1)CC2. The lowest BCUT2D eigenvalue weighted by molar-refractivity contribution is 0.140. The van der Waals surface area contributed by atoms with Gasteiger partial charge in [0.15, 0.2) is 0 Å². The van der Waals surface area contributed by atoms with Crippen molar-refractivity contribution in [1.82, 2.24) is 24.0 Å². The summed E-state index contributed by atoms with van der Waals surface area (Å²) in [5, 5.41) is 8.62. The van der Waals surface area contributed by atoms with Gasteiger partial charge in [0.2, 0.25) is 0 Å². The van der Waals surface area contributed by atoms with Gasteiger partial charge in [0.25, 0.3) is 10.0 Å². The Morgan fingerprint density at radius 3 is 2.71 bits per heavy atom. The Bertz CT molecular complexity index is 933. The van der Waals surface area contributed by atoms with Crippen LogP contribution in [-0.4, -0.2) is 65.6 Å². The molecule has 1 atom stereocenters. The van der Waals surface area contributed by atoms with Gasteiger partial charge in [0.1, 0.15) is 16.4 Å². The van der Waals surface area contributed by atoms with E-state index in [9.17, 15) is 8.42 Å². The number of sulfonamides is 1. The summed E-state index contributed by atoms with van der Waals surface area (Å²) in [6, 6.07) is 3.25. The van der Waals surface area contributed by atoms with Crippen LogP contribution in [0, 0.1) is 5.41 Å². The highest BCUT2D eigenvalue weighted by atomic mass is 35.5. The van der Waals surface area contributed by atoms with Crippen molar-refractivity contribution in [2.24, 2.45) is 5.41 Å². The maximum Gasteiger partial charge on any atom is 0.252 e. The number of aromatic nitrogens is 3. The van der Waals surface area contributed by atoms with E-state index in [0.29, 0.717) is 21.6 Å². The molecule has 2 aliphatic rings. The lowest BCUT2D eigenvalue weighted by Gasteiger charge is -2.41. The molecule has 0 aromatic carbocycles. The van der Waals surface area contributed by atoms with Gasteiger partial charge in [-0.05, 0) is 43.9 Å². The number of thiophene rings is 1. The predicted molar refractivity (Wildman–Crippen MR) is 110 cm³/mol. The summed E-state index contributed by atoms with van der Waals surface area (Å²) < 4.78 is 30.5. The smallest absolute Gasteiger partial charge is 0.252 e. The molecule has 7 nitrogen and oxygen atoms in total. The molecule has 2 aromatic rings. The number of rotatable bonds is 5. The molecule has 2 aliphatic heterocycles. The quantitative estimate of drug-likeness (QED) is 0.710. The minimum absolute atomic E-state index is 0.0480. The van der Waals surface area contributed by atoms with E-state index in [0.717, 1.165) is 56.1 Å². The summed E-state index contributed by atoms with van der Waals surface area (Å²) in [4.78, 5) is 2.35. The van der Waals surface area contributed by atoms with Crippen LogP contribution >= 0.6 is 22.9 Å². The molecule has 0 radical (unpaired) electrons. The number of likely N-dealkylation sites (N-methyl/N-ethyl adjacent to an activating group) is 1. The summed E-state index contributed by atoms with van der Waals surface area (Å²) >= 11 is 7.08. The second-order valence-corrected chi connectivity index (χ2v) is 11.8. The van der Waals surface area contributed by atoms with Crippen LogP contribution in [0.1, 0.15) is 37.9 Å². The molecule has 1 unspecified atom stereocenters. The molecule has 2 saturated heterocycles. The molecule has 2 fully saturated rings. The first-order chi connectivity index (χ1) is 13.4. The van der Waals surface area contributed by atoms with Gasteiger partial charge in [-0.25, -0.2) is 8.42 Å². The average Bonchev–Trinajstić information content (AvgIpc) is 3.36. The van der Waals surface area contributed by atoms with E-state index in [1.807, 2.05) is 6.33 Å². The van der Waals surface area contributed by atoms with Crippen LogP contribution in [0.3, 0.4) is 0 Å². The third kappa shape index (κ3) is 3.52. The standard InChI is InChI=1S/C18H26ClN5O2S2/c1-3-8-23-13-20-21-17(23)14-11-22(2)12-18(14)6-9-24(10-7-18)28(25,26)16-5-4-15(19)27-16/h4-5,13-14H,3,6-12H2,1-2H3. The summed E-state index contributed by atoms with van der Waals surface area (Å²) in [5.41, 5.74) is 0.0480. The molecule has 0 amide bonds. The molecule has 2 aromatic heterocycles. The molecule has 0 N–H and O–H groups in total. The minimum Gasteiger partial charge on any atom is -0.317 e. The fourth-order valence-electron chi connectivity index (χ4n) is 4.76. The minimum atomic E-state index is -3.47. The van der Waals surface area contributed by atoms with Gasteiger partial charge < -0.3 is 9.47 Å². The van der Waals surface area contributed by atoms with Gasteiger partial charge in [0, 0.05) is 38.6 Å². The second-order valence-electron chi connectivity index (χ2n) is 7.96. The molecule has 4 heterocycles. The van der Waals surface area contributed by atoms with Crippen molar-refractivity contribution in [2.45, 2.75) is 42.9 Å². The van der Waals surface area contributed by atoms with Crippen LogP contribution < -0.4 is 0 Å². The zero-order chi connectivity index (χ0) is 19.9. The first kappa shape index (κ1) is 20.3. The number of piperidine rings is 1. The van der Waals surface area contributed by atoms with E-state index >= 15 is 0 Å². The van der Waals surface area contributed by atoms with E-state index in [4.69, 9.17) is 11.6 Å². The van der Waals surface area contributed by atoms with Gasteiger partial charge in [-0.3, -0.25) is 0 Å². The van der Waals surface area contributed by atoms with Crippen molar-refractivity contribution in [2.75, 3.05) is 33.2 Å². The van der Waals surface area contributed by atoms with Crippen LogP contribution in [-0.2, 0) is 16.6 Å². The lowest BCUT2D eigenvalue weighted by atomic mass is 9.71. The van der Waals surface area contributed by atoms with Crippen LogP contribution in [0.2, 0.25) is 4.34 Å². The number of aryl methyl sites for hydroxylation is 1. The summed E-state index contributed by atoms with van der Waals surface area (Å²) in [6.45, 7) is 6.04. The normalized spacial score (nSPS) is 23.6. The third-order valence-corrected chi connectivity index (χ3v) is 9.70. The highest BCUT2D eigenvalue weighted by molar-refractivity contribution is 7.91. The van der Waals surface area contributed by atoms with Gasteiger partial charge in [-0.1, -0.05) is 18.5 Å². The van der Waals surface area contributed by atoms with Crippen molar-refractivity contribution >= 4 is 33.0 Å². The monoisotopic (exact) mass is 443 g/mol. The topological polar surface area (TPSA) is 71.3 Å². The Hall–Kier alpha value is -1.000. The Balaban J connectivity index is 1.55. The van der Waals surface area contributed by atoms with Crippen molar-refractivity contribution in [1.29, 1.82) is 0 Å². The summed E-state index contributed by atoms with van der Waals surface area (Å²) in [6.07, 6.45) is 4.53. The highest BCUT2D eigenvalue weighted by Crippen LogP contribution is 2.49. The van der Waals surface area contributed by atoms with E-state index in [2.05, 4.69) is 33.6 Å². The van der Waals surface area contributed by atoms with Gasteiger partial charge in [-0.15, -0.1) is 21.5 Å². The average molecular weight is 444 g/mol. The number of likely N-dealkylation sites (tertiary alicyclic amines) is 1. The van der Waals surface area contributed by atoms with Crippen molar-refractivity contribution in [3.05, 3.63) is 28.6 Å². The molecule has 154 valence electrons. The van der Waals surface area contributed by atoms with Gasteiger partial charge in [0.05, 0.1) is 4.34 Å². The number of hydrogen-bond donors (Lipinski definition) is 0.